The van der Waals surface area contributed by atoms with Crippen molar-refractivity contribution in [1.82, 2.24) is 4.90 Å². The zero-order chi connectivity index (χ0) is 16.0. The lowest BCUT2D eigenvalue weighted by Gasteiger charge is -2.09. The molecule has 7 heteroatoms. The summed E-state index contributed by atoms with van der Waals surface area (Å²) in [5.74, 6) is -0.537. The van der Waals surface area contributed by atoms with Crippen LogP contribution in [0.3, 0.4) is 0 Å². The Kier molecular flexibility index (Phi) is 14.0. The largest absolute Gasteiger partial charge is 0.489 e. The predicted octanol–water partition coefficient (Wildman–Crippen LogP) is 0.795. The maximum atomic E-state index is 11.1. The first-order valence-corrected chi connectivity index (χ1v) is 6.16. The standard InChI is InChI=1S/C8H15NO3.C5H10O3/c1-5-12-8(10)7(11-4)6-9(2)3;1-3-8-5(6)4-7-2/h6H,5H2,1-4H3;3-4H2,1-2H3/b7-6-;. The maximum absolute atomic E-state index is 11.1. The second-order valence-electron chi connectivity index (χ2n) is 3.62. The SMILES string of the molecule is CCOC(=O)/C(=C/N(C)C)OC.CCOC(=O)COC. The number of hydrogen-bond acceptors (Lipinski definition) is 7. The fourth-order valence-electron chi connectivity index (χ4n) is 0.946. The van der Waals surface area contributed by atoms with Crippen molar-refractivity contribution in [2.24, 2.45) is 0 Å². The van der Waals surface area contributed by atoms with Gasteiger partial charge in [0.1, 0.15) is 6.61 Å². The molecule has 0 aliphatic rings. The summed E-state index contributed by atoms with van der Waals surface area (Å²) in [6.45, 7) is 4.33. The van der Waals surface area contributed by atoms with Crippen molar-refractivity contribution < 1.29 is 28.5 Å². The molecule has 0 saturated carbocycles. The summed E-state index contributed by atoms with van der Waals surface area (Å²) in [7, 11) is 6.50. The number of nitrogens with zero attached hydrogens (tertiary/aromatic N) is 1. The van der Waals surface area contributed by atoms with E-state index in [1.54, 1.807) is 39.0 Å². The number of hydrogen-bond donors (Lipinski definition) is 0. The summed E-state index contributed by atoms with van der Waals surface area (Å²) < 4.78 is 18.6. The van der Waals surface area contributed by atoms with E-state index in [9.17, 15) is 9.59 Å². The minimum atomic E-state index is -0.436. The Morgan fingerprint density at radius 2 is 1.60 bits per heavy atom. The highest BCUT2D eigenvalue weighted by Gasteiger charge is 2.10. The lowest BCUT2D eigenvalue weighted by atomic mass is 10.5. The third-order valence-corrected chi connectivity index (χ3v) is 1.64. The molecule has 0 atom stereocenters. The zero-order valence-electron chi connectivity index (χ0n) is 13.1. The molecule has 0 aromatic rings. The van der Waals surface area contributed by atoms with Gasteiger partial charge in [-0.05, 0) is 13.8 Å². The van der Waals surface area contributed by atoms with Crippen LogP contribution < -0.4 is 0 Å². The first-order valence-electron chi connectivity index (χ1n) is 6.16. The van der Waals surface area contributed by atoms with Crippen molar-refractivity contribution in [3.05, 3.63) is 12.0 Å². The summed E-state index contributed by atoms with van der Waals surface area (Å²) in [5, 5.41) is 0. The first-order chi connectivity index (χ1) is 9.42. The topological polar surface area (TPSA) is 74.3 Å². The van der Waals surface area contributed by atoms with Crippen molar-refractivity contribution in [2.45, 2.75) is 13.8 Å². The lowest BCUT2D eigenvalue weighted by Crippen LogP contribution is -2.13. The van der Waals surface area contributed by atoms with Gasteiger partial charge >= 0.3 is 11.9 Å². The summed E-state index contributed by atoms with van der Waals surface area (Å²) >= 11 is 0. The number of carbonyl (C=O) groups is 2. The molecule has 0 aromatic carbocycles. The molecule has 20 heavy (non-hydrogen) atoms. The van der Waals surface area contributed by atoms with E-state index in [4.69, 9.17) is 9.47 Å². The van der Waals surface area contributed by atoms with E-state index in [0.717, 1.165) is 0 Å². The van der Waals surface area contributed by atoms with E-state index in [0.29, 0.717) is 13.2 Å². The van der Waals surface area contributed by atoms with Crippen LogP contribution >= 0.6 is 0 Å². The normalized spacial score (nSPS) is 10.0. The molecule has 118 valence electrons. The highest BCUT2D eigenvalue weighted by atomic mass is 16.6. The van der Waals surface area contributed by atoms with E-state index >= 15 is 0 Å². The summed E-state index contributed by atoms with van der Waals surface area (Å²) in [4.78, 5) is 23.1. The molecule has 0 N–H and O–H groups in total. The predicted molar refractivity (Wildman–Crippen MR) is 73.9 cm³/mol. The molecule has 0 heterocycles. The van der Waals surface area contributed by atoms with Crippen molar-refractivity contribution in [1.29, 1.82) is 0 Å². The van der Waals surface area contributed by atoms with Crippen LogP contribution in [0.15, 0.2) is 12.0 Å². The molecule has 0 amide bonds. The van der Waals surface area contributed by atoms with Crippen LogP contribution in [-0.4, -0.2) is 65.0 Å². The molecular formula is C13H25NO6. The smallest absolute Gasteiger partial charge is 0.375 e. The van der Waals surface area contributed by atoms with Crippen LogP contribution in [0, 0.1) is 0 Å². The Bertz CT molecular complexity index is 293. The van der Waals surface area contributed by atoms with Crippen LogP contribution in [0.1, 0.15) is 13.8 Å². The van der Waals surface area contributed by atoms with Crippen LogP contribution in [0.25, 0.3) is 0 Å². The number of carbonyl (C=O) groups excluding carboxylic acids is 2. The summed E-state index contributed by atoms with van der Waals surface area (Å²) in [6.07, 6.45) is 1.57. The van der Waals surface area contributed by atoms with Crippen LogP contribution in [0.4, 0.5) is 0 Å². The zero-order valence-corrected chi connectivity index (χ0v) is 13.1. The molecule has 0 unspecified atom stereocenters. The lowest BCUT2D eigenvalue weighted by molar-refractivity contribution is -0.147. The number of rotatable bonds is 7. The van der Waals surface area contributed by atoms with Gasteiger partial charge in [0.2, 0.25) is 5.76 Å². The van der Waals surface area contributed by atoms with E-state index in [1.165, 1.54) is 14.2 Å². The highest BCUT2D eigenvalue weighted by molar-refractivity contribution is 5.86. The van der Waals surface area contributed by atoms with Crippen molar-refractivity contribution in [3.8, 4) is 0 Å². The first kappa shape index (κ1) is 20.6. The van der Waals surface area contributed by atoms with Crippen molar-refractivity contribution in [3.63, 3.8) is 0 Å². The minimum Gasteiger partial charge on any atom is -0.489 e. The van der Waals surface area contributed by atoms with Crippen LogP contribution in [0.2, 0.25) is 0 Å². The average molecular weight is 291 g/mol. The van der Waals surface area contributed by atoms with E-state index in [2.05, 4.69) is 9.47 Å². The minimum absolute atomic E-state index is 0.0494. The molecule has 0 radical (unpaired) electrons. The molecule has 0 spiro atoms. The van der Waals surface area contributed by atoms with Gasteiger partial charge in [0, 0.05) is 27.4 Å². The maximum Gasteiger partial charge on any atom is 0.375 e. The molecule has 0 bridgehead atoms. The number of ether oxygens (including phenoxy) is 4. The van der Waals surface area contributed by atoms with Gasteiger partial charge in [0.05, 0.1) is 20.3 Å². The quantitative estimate of drug-likeness (QED) is 0.390. The Morgan fingerprint density at radius 3 is 1.95 bits per heavy atom. The summed E-state index contributed by atoms with van der Waals surface area (Å²) in [5.41, 5.74) is 0. The van der Waals surface area contributed by atoms with Crippen LogP contribution in [0.5, 0.6) is 0 Å². The molecule has 0 fully saturated rings. The van der Waals surface area contributed by atoms with Crippen LogP contribution in [-0.2, 0) is 28.5 Å². The Balaban J connectivity index is 0. The van der Waals surface area contributed by atoms with Gasteiger partial charge < -0.3 is 23.8 Å². The molecule has 0 aliphatic carbocycles. The third-order valence-electron chi connectivity index (χ3n) is 1.64. The highest BCUT2D eigenvalue weighted by Crippen LogP contribution is 1.99. The molecule has 0 rings (SSSR count). The van der Waals surface area contributed by atoms with Crippen molar-refractivity contribution in [2.75, 3.05) is 48.1 Å². The third kappa shape index (κ3) is 12.7. The van der Waals surface area contributed by atoms with Gasteiger partial charge in [-0.15, -0.1) is 0 Å². The molecule has 7 nitrogen and oxygen atoms in total. The van der Waals surface area contributed by atoms with E-state index in [1.807, 2.05) is 0 Å². The fraction of sp³-hybridized carbons (Fsp3) is 0.692. The van der Waals surface area contributed by atoms with Gasteiger partial charge in [-0.3, -0.25) is 0 Å². The number of methoxy groups -OCH3 is 2. The molecule has 0 aromatic heterocycles. The van der Waals surface area contributed by atoms with E-state index < -0.39 is 5.97 Å². The van der Waals surface area contributed by atoms with E-state index in [-0.39, 0.29) is 18.3 Å². The molecule has 0 aliphatic heterocycles. The number of esters is 2. The molecule has 0 saturated heterocycles. The fourth-order valence-corrected chi connectivity index (χ4v) is 0.946. The van der Waals surface area contributed by atoms with Gasteiger partial charge in [-0.2, -0.15) is 0 Å². The Hall–Kier alpha value is -1.76. The second kappa shape index (κ2) is 13.7. The van der Waals surface area contributed by atoms with Gasteiger partial charge in [-0.1, -0.05) is 0 Å². The van der Waals surface area contributed by atoms with Crippen molar-refractivity contribution >= 4 is 11.9 Å². The van der Waals surface area contributed by atoms with Gasteiger partial charge in [0.15, 0.2) is 0 Å². The second-order valence-corrected chi connectivity index (χ2v) is 3.62. The Morgan fingerprint density at radius 1 is 1.05 bits per heavy atom. The van der Waals surface area contributed by atoms with Gasteiger partial charge in [0.25, 0.3) is 0 Å². The Labute approximate surface area is 120 Å². The monoisotopic (exact) mass is 291 g/mol. The summed E-state index contributed by atoms with van der Waals surface area (Å²) in [6, 6.07) is 0. The van der Waals surface area contributed by atoms with Gasteiger partial charge in [-0.25, -0.2) is 9.59 Å². The molecular weight excluding hydrogens is 266 g/mol. The average Bonchev–Trinajstić information content (AvgIpc) is 2.37.